The van der Waals surface area contributed by atoms with E-state index in [1.165, 1.54) is 37.1 Å². The Morgan fingerprint density at radius 2 is 2.28 bits per heavy atom. The molecule has 0 saturated heterocycles. The minimum absolute atomic E-state index is 0.356. The third kappa shape index (κ3) is 3.36. The lowest BCUT2D eigenvalue weighted by Crippen LogP contribution is -2.17. The van der Waals surface area contributed by atoms with E-state index in [0.29, 0.717) is 11.3 Å². The van der Waals surface area contributed by atoms with Crippen LogP contribution in [0.25, 0.3) is 0 Å². The van der Waals surface area contributed by atoms with Crippen LogP contribution in [0.4, 0.5) is 5.69 Å². The number of phenols is 1. The normalized spacial score (nSPS) is 11.9. The molecule has 0 amide bonds. The van der Waals surface area contributed by atoms with Gasteiger partial charge in [-0.15, -0.1) is 11.8 Å². The number of aromatic hydroxyl groups is 1. The van der Waals surface area contributed by atoms with Gasteiger partial charge in [0.1, 0.15) is 5.25 Å². The Labute approximate surface area is 108 Å². The van der Waals surface area contributed by atoms with Crippen molar-refractivity contribution in [3.63, 3.8) is 0 Å². The predicted molar refractivity (Wildman–Crippen MR) is 66.7 cm³/mol. The molecule has 0 spiro atoms. The van der Waals surface area contributed by atoms with Gasteiger partial charge in [-0.1, -0.05) is 6.92 Å². The summed E-state index contributed by atoms with van der Waals surface area (Å²) in [5.74, 6) is -0.773. The molecule has 0 heterocycles. The second kappa shape index (κ2) is 6.25. The number of rotatable bonds is 5. The molecule has 1 aromatic rings. The van der Waals surface area contributed by atoms with Crippen molar-refractivity contribution in [3.05, 3.63) is 28.3 Å². The molecule has 7 heteroatoms. The standard InChI is InChI=1S/C11H13NO5S/c1-3-10(11(14)17-2)18-7-4-5-8(12(15)16)9(13)6-7/h4-6,10,13H,3H2,1-2H3. The van der Waals surface area contributed by atoms with Crippen molar-refractivity contribution in [3.8, 4) is 5.75 Å². The first kappa shape index (κ1) is 14.3. The van der Waals surface area contributed by atoms with E-state index in [1.807, 2.05) is 6.92 Å². The van der Waals surface area contributed by atoms with Crippen molar-refractivity contribution >= 4 is 23.4 Å². The first-order valence-electron chi connectivity index (χ1n) is 5.21. The Morgan fingerprint density at radius 1 is 1.61 bits per heavy atom. The number of nitrogens with zero attached hydrogens (tertiary/aromatic N) is 1. The van der Waals surface area contributed by atoms with Gasteiger partial charge in [0.2, 0.25) is 0 Å². The molecule has 6 nitrogen and oxygen atoms in total. The molecule has 0 bridgehead atoms. The maximum atomic E-state index is 11.4. The SMILES string of the molecule is CCC(Sc1ccc([N+](=O)[O-])c(O)c1)C(=O)OC. The highest BCUT2D eigenvalue weighted by Crippen LogP contribution is 2.33. The summed E-state index contributed by atoms with van der Waals surface area (Å²) in [6.07, 6.45) is 0.565. The van der Waals surface area contributed by atoms with Crippen molar-refractivity contribution in [1.29, 1.82) is 0 Å². The van der Waals surface area contributed by atoms with Crippen molar-refractivity contribution in [2.75, 3.05) is 7.11 Å². The van der Waals surface area contributed by atoms with Crippen molar-refractivity contribution in [2.24, 2.45) is 0 Å². The van der Waals surface area contributed by atoms with Gasteiger partial charge in [0.25, 0.3) is 0 Å². The van der Waals surface area contributed by atoms with Gasteiger partial charge in [0, 0.05) is 17.0 Å². The maximum absolute atomic E-state index is 11.4. The number of methoxy groups -OCH3 is 1. The highest BCUT2D eigenvalue weighted by atomic mass is 32.2. The first-order valence-corrected chi connectivity index (χ1v) is 6.09. The molecule has 0 aliphatic rings. The van der Waals surface area contributed by atoms with Crippen LogP contribution >= 0.6 is 11.8 Å². The van der Waals surface area contributed by atoms with E-state index in [9.17, 15) is 20.0 Å². The number of phenolic OH excluding ortho intramolecular Hbond substituents is 1. The molecular formula is C11H13NO5S. The Morgan fingerprint density at radius 3 is 2.72 bits per heavy atom. The second-order valence-electron chi connectivity index (χ2n) is 3.45. The summed E-state index contributed by atoms with van der Waals surface area (Å²) in [5.41, 5.74) is -0.356. The number of esters is 1. The van der Waals surface area contributed by atoms with Crippen molar-refractivity contribution in [1.82, 2.24) is 0 Å². The van der Waals surface area contributed by atoms with Crippen LogP contribution in [-0.2, 0) is 9.53 Å². The van der Waals surface area contributed by atoms with E-state index in [-0.39, 0.29) is 11.7 Å². The molecular weight excluding hydrogens is 258 g/mol. The average Bonchev–Trinajstić information content (AvgIpc) is 2.34. The molecule has 1 rings (SSSR count). The molecule has 1 atom stereocenters. The van der Waals surface area contributed by atoms with E-state index in [4.69, 9.17) is 0 Å². The summed E-state index contributed by atoms with van der Waals surface area (Å²) in [5, 5.41) is 19.6. The Kier molecular flexibility index (Phi) is 4.96. The number of nitro groups is 1. The van der Waals surface area contributed by atoms with Gasteiger partial charge < -0.3 is 9.84 Å². The third-order valence-electron chi connectivity index (χ3n) is 2.26. The summed E-state index contributed by atoms with van der Waals surface area (Å²) >= 11 is 1.20. The average molecular weight is 271 g/mol. The fraction of sp³-hybridized carbons (Fsp3) is 0.364. The fourth-order valence-electron chi connectivity index (χ4n) is 1.32. The smallest absolute Gasteiger partial charge is 0.319 e. The number of hydrogen-bond acceptors (Lipinski definition) is 6. The largest absolute Gasteiger partial charge is 0.502 e. The number of nitro benzene ring substituents is 1. The van der Waals surface area contributed by atoms with Gasteiger partial charge in [-0.2, -0.15) is 0 Å². The molecule has 1 aromatic carbocycles. The van der Waals surface area contributed by atoms with Gasteiger partial charge in [0.15, 0.2) is 5.75 Å². The molecule has 98 valence electrons. The number of thioether (sulfide) groups is 1. The minimum Gasteiger partial charge on any atom is -0.502 e. The molecule has 0 aliphatic heterocycles. The van der Waals surface area contributed by atoms with Crippen LogP contribution in [0, 0.1) is 10.1 Å². The zero-order chi connectivity index (χ0) is 13.7. The van der Waals surface area contributed by atoms with Crippen LogP contribution in [0.5, 0.6) is 5.75 Å². The number of benzene rings is 1. The van der Waals surface area contributed by atoms with Crippen LogP contribution in [-0.4, -0.2) is 28.4 Å². The van der Waals surface area contributed by atoms with E-state index in [1.54, 1.807) is 0 Å². The second-order valence-corrected chi connectivity index (χ2v) is 4.72. The lowest BCUT2D eigenvalue weighted by atomic mass is 10.3. The minimum atomic E-state index is -0.665. The number of carbonyl (C=O) groups excluding carboxylic acids is 1. The van der Waals surface area contributed by atoms with Crippen LogP contribution in [0.15, 0.2) is 23.1 Å². The summed E-state index contributed by atoms with van der Waals surface area (Å²) in [6, 6.07) is 3.98. The highest BCUT2D eigenvalue weighted by Gasteiger charge is 2.20. The van der Waals surface area contributed by atoms with Gasteiger partial charge in [0.05, 0.1) is 12.0 Å². The molecule has 0 aliphatic carbocycles. The number of hydrogen-bond donors (Lipinski definition) is 1. The zero-order valence-corrected chi connectivity index (χ0v) is 10.8. The molecule has 0 saturated carbocycles. The quantitative estimate of drug-likeness (QED) is 0.382. The summed E-state index contributed by atoms with van der Waals surface area (Å²) in [4.78, 5) is 21.8. The van der Waals surface area contributed by atoms with Crippen molar-refractivity contribution in [2.45, 2.75) is 23.5 Å². The van der Waals surface area contributed by atoms with E-state index in [0.717, 1.165) is 0 Å². The molecule has 0 fully saturated rings. The summed E-state index contributed by atoms with van der Waals surface area (Å²) < 4.78 is 4.64. The van der Waals surface area contributed by atoms with Crippen LogP contribution in [0.3, 0.4) is 0 Å². The van der Waals surface area contributed by atoms with E-state index >= 15 is 0 Å². The maximum Gasteiger partial charge on any atom is 0.319 e. The number of ether oxygens (including phenoxy) is 1. The van der Waals surface area contributed by atoms with Crippen LogP contribution in [0.2, 0.25) is 0 Å². The van der Waals surface area contributed by atoms with Gasteiger partial charge >= 0.3 is 11.7 Å². The van der Waals surface area contributed by atoms with E-state index < -0.39 is 15.9 Å². The van der Waals surface area contributed by atoms with Gasteiger partial charge in [-0.25, -0.2) is 0 Å². The topological polar surface area (TPSA) is 89.7 Å². The Balaban J connectivity index is 2.88. The monoisotopic (exact) mass is 271 g/mol. The predicted octanol–water partition coefficient (Wildman–Crippen LogP) is 2.34. The van der Waals surface area contributed by atoms with Crippen LogP contribution in [0.1, 0.15) is 13.3 Å². The third-order valence-corrected chi connectivity index (χ3v) is 3.59. The van der Waals surface area contributed by atoms with Gasteiger partial charge in [-0.3, -0.25) is 14.9 Å². The summed E-state index contributed by atoms with van der Waals surface area (Å²) in [7, 11) is 1.30. The Bertz CT molecular complexity index is 463. The number of carbonyl (C=O) groups is 1. The molecule has 0 aromatic heterocycles. The zero-order valence-electron chi connectivity index (χ0n) is 9.95. The van der Waals surface area contributed by atoms with Gasteiger partial charge in [-0.05, 0) is 12.5 Å². The fourth-order valence-corrected chi connectivity index (χ4v) is 2.34. The molecule has 1 N–H and O–H groups in total. The lowest BCUT2D eigenvalue weighted by molar-refractivity contribution is -0.385. The molecule has 0 radical (unpaired) electrons. The highest BCUT2D eigenvalue weighted by molar-refractivity contribution is 8.00. The van der Waals surface area contributed by atoms with E-state index in [2.05, 4.69) is 4.74 Å². The van der Waals surface area contributed by atoms with Crippen molar-refractivity contribution < 1.29 is 19.6 Å². The first-order chi connectivity index (χ1) is 8.49. The lowest BCUT2D eigenvalue weighted by Gasteiger charge is -2.11. The molecule has 18 heavy (non-hydrogen) atoms. The van der Waals surface area contributed by atoms with Crippen LogP contribution < -0.4 is 0 Å². The summed E-state index contributed by atoms with van der Waals surface area (Å²) in [6.45, 7) is 1.83. The Hall–Kier alpha value is -1.76. The molecule has 1 unspecified atom stereocenters.